The predicted octanol–water partition coefficient (Wildman–Crippen LogP) is 38.3. The summed E-state index contributed by atoms with van der Waals surface area (Å²) >= 11 is 1.86. The van der Waals surface area contributed by atoms with Crippen LogP contribution in [0.15, 0.2) is 547 Å². The van der Waals surface area contributed by atoms with Crippen molar-refractivity contribution in [3.8, 4) is 83.6 Å². The molecule has 22 aromatic carbocycles. The molecule has 140 heavy (non-hydrogen) atoms. The minimum atomic E-state index is 0.900. The van der Waals surface area contributed by atoms with Crippen LogP contribution in [0.3, 0.4) is 0 Å². The molecule has 0 radical (unpaired) electrons. The molecule has 8 heteroatoms. The third-order valence-corrected chi connectivity index (χ3v) is 28.1. The van der Waals surface area contributed by atoms with Crippen molar-refractivity contribution in [1.29, 1.82) is 0 Å². The number of anilines is 9. The molecule has 27 rings (SSSR count). The predicted molar refractivity (Wildman–Crippen MR) is 590 cm³/mol. The SMILES string of the molecule is c1ccc(-c2ccc(N(c3ccc(-c4ccc5c(c4)oc4ccccc45)cc3)c3ccc(-c4ccc5c(c4)oc4ccccc45)cc3)cc2)cc1.c1ccc(-c2ccc(N(c3ccc(-c4ccc5c(c4)sc4ccccc45)cc3)c3ccc4c5ccccc5n(-c5ccccc5)c4c3)cc2)cc1.c1ccc(N(c2ccccc2)c2ccc(-c3ccc(-c4ccc5c(c4)oc4ccccc45)cc3)cc2)cc1. The second kappa shape index (κ2) is 36.5. The van der Waals surface area contributed by atoms with Gasteiger partial charge in [0.15, 0.2) is 0 Å². The highest BCUT2D eigenvalue weighted by Gasteiger charge is 2.23. The van der Waals surface area contributed by atoms with Gasteiger partial charge in [-0.15, -0.1) is 11.3 Å². The van der Waals surface area contributed by atoms with E-state index in [0.29, 0.717) is 0 Å². The molecule has 5 aromatic heterocycles. The Morgan fingerprint density at radius 3 is 0.764 bits per heavy atom. The number of thiophene rings is 1. The molecule has 660 valence electrons. The number of benzene rings is 22. The second-order valence-corrected chi connectivity index (χ2v) is 36.5. The highest BCUT2D eigenvalue weighted by molar-refractivity contribution is 7.25. The zero-order valence-electron chi connectivity index (χ0n) is 76.2. The van der Waals surface area contributed by atoms with E-state index in [1.807, 2.05) is 59.9 Å². The maximum Gasteiger partial charge on any atom is 0.136 e. The molecular weight excluding hydrogens is 1720 g/mol. The fourth-order valence-corrected chi connectivity index (χ4v) is 21.2. The van der Waals surface area contributed by atoms with Crippen LogP contribution in [0.5, 0.6) is 0 Å². The van der Waals surface area contributed by atoms with Gasteiger partial charge in [-0.05, 0) is 272 Å². The van der Waals surface area contributed by atoms with Crippen molar-refractivity contribution < 1.29 is 13.3 Å². The Bertz CT molecular complexity index is 8980. The van der Waals surface area contributed by atoms with Crippen molar-refractivity contribution >= 4 is 170 Å². The zero-order chi connectivity index (χ0) is 92.8. The fourth-order valence-electron chi connectivity index (χ4n) is 20.0. The summed E-state index contributed by atoms with van der Waals surface area (Å²) < 4.78 is 23.5. The van der Waals surface area contributed by atoms with Gasteiger partial charge in [-0.3, -0.25) is 0 Å². The second-order valence-electron chi connectivity index (χ2n) is 35.4. The molecule has 0 aliphatic carbocycles. The van der Waals surface area contributed by atoms with Crippen LogP contribution in [0.25, 0.3) is 191 Å². The molecule has 0 unspecified atom stereocenters. The van der Waals surface area contributed by atoms with E-state index in [9.17, 15) is 0 Å². The van der Waals surface area contributed by atoms with Crippen molar-refractivity contribution in [3.63, 3.8) is 0 Å². The van der Waals surface area contributed by atoms with Crippen LogP contribution in [-0.4, -0.2) is 4.57 Å². The molecule has 0 fully saturated rings. The van der Waals surface area contributed by atoms with Crippen LogP contribution < -0.4 is 14.7 Å². The Balaban J connectivity index is 0.000000112. The topological polar surface area (TPSA) is 54.1 Å². The van der Waals surface area contributed by atoms with Crippen molar-refractivity contribution in [2.45, 2.75) is 0 Å². The van der Waals surface area contributed by atoms with Gasteiger partial charge in [-0.25, -0.2) is 0 Å². The van der Waals surface area contributed by atoms with Crippen molar-refractivity contribution in [2.75, 3.05) is 14.7 Å². The molecule has 0 aliphatic heterocycles. The molecule has 0 N–H and O–H groups in total. The number of hydrogen-bond acceptors (Lipinski definition) is 7. The maximum atomic E-state index is 6.20. The minimum Gasteiger partial charge on any atom is -0.456 e. The Morgan fingerprint density at radius 1 is 0.143 bits per heavy atom. The van der Waals surface area contributed by atoms with E-state index >= 15 is 0 Å². The highest BCUT2D eigenvalue weighted by Crippen LogP contribution is 2.47. The number of nitrogens with zero attached hydrogens (tertiary/aromatic N) is 4. The largest absolute Gasteiger partial charge is 0.456 e. The molecule has 27 aromatic rings. The summed E-state index contributed by atoms with van der Waals surface area (Å²) in [5.74, 6) is 0. The van der Waals surface area contributed by atoms with E-state index in [1.54, 1.807) is 0 Å². The lowest BCUT2D eigenvalue weighted by molar-refractivity contribution is 0.668. The van der Waals surface area contributed by atoms with Crippen LogP contribution in [0.2, 0.25) is 0 Å². The van der Waals surface area contributed by atoms with Gasteiger partial charge < -0.3 is 32.5 Å². The average Bonchev–Trinajstić information content (AvgIpc) is 1.58. The molecule has 7 nitrogen and oxygen atoms in total. The Kier molecular flexibility index (Phi) is 21.7. The molecular formula is C132H88N4O3S. The molecule has 0 spiro atoms. The van der Waals surface area contributed by atoms with Gasteiger partial charge in [0.05, 0.1) is 11.0 Å². The lowest BCUT2D eigenvalue weighted by Gasteiger charge is -2.26. The number of rotatable bonds is 17. The highest BCUT2D eigenvalue weighted by atomic mass is 32.1. The number of fused-ring (bicyclic) bond motifs is 15. The van der Waals surface area contributed by atoms with Gasteiger partial charge in [0.25, 0.3) is 0 Å². The summed E-state index contributed by atoms with van der Waals surface area (Å²) in [4.78, 5) is 6.97. The van der Waals surface area contributed by atoms with E-state index < -0.39 is 0 Å². The molecule has 0 atom stereocenters. The van der Waals surface area contributed by atoms with Crippen LogP contribution in [-0.2, 0) is 0 Å². The van der Waals surface area contributed by atoms with Gasteiger partial charge in [-0.1, -0.05) is 340 Å². The first-order valence-electron chi connectivity index (χ1n) is 47.4. The van der Waals surface area contributed by atoms with E-state index in [1.165, 1.54) is 92.0 Å². The zero-order valence-corrected chi connectivity index (χ0v) is 77.0. The van der Waals surface area contributed by atoms with Crippen molar-refractivity contribution in [1.82, 2.24) is 4.57 Å². The summed E-state index contributed by atoms with van der Waals surface area (Å²) in [6.45, 7) is 0. The van der Waals surface area contributed by atoms with E-state index in [0.717, 1.165) is 151 Å². The van der Waals surface area contributed by atoms with Gasteiger partial charge in [0.1, 0.15) is 33.5 Å². The first-order chi connectivity index (χ1) is 69.4. The van der Waals surface area contributed by atoms with Crippen LogP contribution in [0.4, 0.5) is 51.2 Å². The fraction of sp³-hybridized carbons (Fsp3) is 0. The Labute approximate surface area is 814 Å². The molecule has 0 bridgehead atoms. The van der Waals surface area contributed by atoms with Crippen LogP contribution >= 0.6 is 11.3 Å². The van der Waals surface area contributed by atoms with Crippen molar-refractivity contribution in [3.05, 3.63) is 534 Å². The first-order valence-corrected chi connectivity index (χ1v) is 48.3. The lowest BCUT2D eigenvalue weighted by atomic mass is 9.99. The van der Waals surface area contributed by atoms with E-state index in [4.69, 9.17) is 13.3 Å². The van der Waals surface area contributed by atoms with E-state index in [-0.39, 0.29) is 0 Å². The van der Waals surface area contributed by atoms with E-state index in [2.05, 4.69) is 505 Å². The Morgan fingerprint density at radius 2 is 0.379 bits per heavy atom. The van der Waals surface area contributed by atoms with Crippen molar-refractivity contribution in [2.24, 2.45) is 0 Å². The third kappa shape index (κ3) is 16.1. The Hall–Kier alpha value is -18.3. The molecule has 5 heterocycles. The molecule has 0 amide bonds. The number of aromatic nitrogens is 1. The summed E-state index contributed by atoms with van der Waals surface area (Å²) in [5.41, 5.74) is 35.4. The third-order valence-electron chi connectivity index (χ3n) is 27.0. The monoisotopic (exact) mass is 1810 g/mol. The van der Waals surface area contributed by atoms with Crippen LogP contribution in [0.1, 0.15) is 0 Å². The minimum absolute atomic E-state index is 0.900. The van der Waals surface area contributed by atoms with Gasteiger partial charge >= 0.3 is 0 Å². The standard InChI is InChI=1S/C48H32N2S.C48H31NO2.C36H25NO/c1-3-11-33(12-4-1)34-19-24-38(25-20-34)49(39-26-21-35(22-27-39)36-23-29-44-43-16-8-10-18-47(43)51-48(44)31-36)40-28-30-42-41-15-7-9-17-45(41)50(46(42)32-40)37-13-5-2-6-14-37;1-2-8-32(9-3-1)33-14-22-38(23-15-33)49(39-24-16-34(17-25-39)36-20-28-43-41-10-4-6-12-45(41)50-47(43)30-36)40-26-18-35(19-27-40)37-21-29-44-42-11-5-7-13-46(42)51-48(44)31-37;1-3-9-30(10-4-1)37(31-11-5-2-6-12-31)32-22-19-27(20-23-32)26-15-17-28(18-16-26)29-21-24-34-33-13-7-8-14-35(33)38-36(34)25-29/h1-32H;1-31H;1-25H. The quantitative estimate of drug-likeness (QED) is 0.0906. The average molecular weight is 1810 g/mol. The van der Waals surface area contributed by atoms with Gasteiger partial charge in [0, 0.05) is 120 Å². The molecule has 0 saturated carbocycles. The number of hydrogen-bond donors (Lipinski definition) is 0. The number of furan rings is 3. The maximum absolute atomic E-state index is 6.20. The van der Waals surface area contributed by atoms with Gasteiger partial charge in [0.2, 0.25) is 0 Å². The lowest BCUT2D eigenvalue weighted by Crippen LogP contribution is -2.10. The summed E-state index contributed by atoms with van der Waals surface area (Å²) in [7, 11) is 0. The van der Waals surface area contributed by atoms with Gasteiger partial charge in [-0.2, -0.15) is 0 Å². The smallest absolute Gasteiger partial charge is 0.136 e. The number of para-hydroxylation sites is 7. The first kappa shape index (κ1) is 83.5. The summed E-state index contributed by atoms with van der Waals surface area (Å²) in [5, 5.41) is 12.0. The molecule has 0 aliphatic rings. The summed E-state index contributed by atoms with van der Waals surface area (Å²) in [6.07, 6.45) is 0. The molecule has 0 saturated heterocycles. The summed E-state index contributed by atoms with van der Waals surface area (Å²) in [6, 6.07) is 190. The van der Waals surface area contributed by atoms with Crippen LogP contribution in [0, 0.1) is 0 Å². The normalized spacial score (nSPS) is 11.4.